The molecule has 0 spiro atoms. The lowest BCUT2D eigenvalue weighted by atomic mass is 10.1. The van der Waals surface area contributed by atoms with Gasteiger partial charge < -0.3 is 0 Å². The summed E-state index contributed by atoms with van der Waals surface area (Å²) < 4.78 is 49.4. The molecule has 14 heavy (non-hydrogen) atoms. The van der Waals surface area contributed by atoms with Gasteiger partial charge in [0.05, 0.1) is 0 Å². The molecule has 0 amide bonds. The smallest absolute Gasteiger partial charge is 0.207 e. The molecule has 0 N–H and O–H groups in total. The molecule has 0 aliphatic rings. The standard InChI is InChI=1S/C9H7BrF4/c1-5-4-6(2-3-7(5)11)8(10)9(12,13)14/h2-4,8H,1H3/t8-/m0/s1. The molecular formula is C9H7BrF4. The van der Waals surface area contributed by atoms with Gasteiger partial charge in [-0.2, -0.15) is 13.2 Å². The highest BCUT2D eigenvalue weighted by atomic mass is 79.9. The predicted octanol–water partition coefficient (Wildman–Crippen LogP) is 4.13. The van der Waals surface area contributed by atoms with Gasteiger partial charge in [0, 0.05) is 0 Å². The Kier molecular flexibility index (Phi) is 3.19. The Morgan fingerprint density at radius 1 is 1.29 bits per heavy atom. The summed E-state index contributed by atoms with van der Waals surface area (Å²) in [7, 11) is 0. The van der Waals surface area contributed by atoms with E-state index in [0.29, 0.717) is 0 Å². The summed E-state index contributed by atoms with van der Waals surface area (Å²) in [5.41, 5.74) is 0.215. The highest BCUT2D eigenvalue weighted by molar-refractivity contribution is 9.09. The third-order valence-electron chi connectivity index (χ3n) is 1.76. The maximum Gasteiger partial charge on any atom is 0.405 e. The lowest BCUT2D eigenvalue weighted by Crippen LogP contribution is -2.15. The van der Waals surface area contributed by atoms with Crippen LogP contribution in [0.25, 0.3) is 0 Å². The van der Waals surface area contributed by atoms with E-state index in [4.69, 9.17) is 0 Å². The lowest BCUT2D eigenvalue weighted by Gasteiger charge is -2.14. The van der Waals surface area contributed by atoms with Crippen molar-refractivity contribution < 1.29 is 17.6 Å². The molecule has 0 bridgehead atoms. The van der Waals surface area contributed by atoms with Crippen LogP contribution in [0.4, 0.5) is 17.6 Å². The van der Waals surface area contributed by atoms with E-state index in [1.165, 1.54) is 13.0 Å². The van der Waals surface area contributed by atoms with Gasteiger partial charge in [0.2, 0.25) is 0 Å². The molecule has 0 saturated carbocycles. The number of rotatable bonds is 1. The normalized spacial score (nSPS) is 14.1. The third-order valence-corrected chi connectivity index (χ3v) is 2.81. The molecule has 0 nitrogen and oxygen atoms in total. The van der Waals surface area contributed by atoms with Gasteiger partial charge in [-0.1, -0.05) is 28.1 Å². The maximum atomic E-state index is 12.8. The second-order valence-corrected chi connectivity index (χ2v) is 3.83. The van der Waals surface area contributed by atoms with Gasteiger partial charge in [0.15, 0.2) is 0 Å². The average Bonchev–Trinajstić information content (AvgIpc) is 2.07. The zero-order valence-corrected chi connectivity index (χ0v) is 8.79. The minimum Gasteiger partial charge on any atom is -0.207 e. The van der Waals surface area contributed by atoms with Gasteiger partial charge in [0.1, 0.15) is 10.6 Å². The molecule has 0 unspecified atom stereocenters. The molecule has 78 valence electrons. The summed E-state index contributed by atoms with van der Waals surface area (Å²) in [6.07, 6.45) is -4.36. The summed E-state index contributed by atoms with van der Waals surface area (Å²) in [4.78, 5) is -1.74. The molecule has 1 rings (SSSR count). The molecule has 0 radical (unpaired) electrons. The van der Waals surface area contributed by atoms with Crippen LogP contribution in [-0.4, -0.2) is 6.18 Å². The first-order valence-electron chi connectivity index (χ1n) is 3.79. The molecule has 1 aromatic carbocycles. The summed E-state index contributed by atoms with van der Waals surface area (Å²) in [6, 6.07) is 3.34. The number of hydrogen-bond donors (Lipinski definition) is 0. The van der Waals surface area contributed by atoms with Crippen LogP contribution in [0, 0.1) is 12.7 Å². The predicted molar refractivity (Wildman–Crippen MR) is 48.9 cm³/mol. The monoisotopic (exact) mass is 270 g/mol. The van der Waals surface area contributed by atoms with Gasteiger partial charge in [-0.15, -0.1) is 0 Å². The Hall–Kier alpha value is -0.580. The molecule has 0 fully saturated rings. The van der Waals surface area contributed by atoms with Crippen molar-refractivity contribution >= 4 is 15.9 Å². The van der Waals surface area contributed by atoms with Crippen LogP contribution in [0.3, 0.4) is 0 Å². The number of benzene rings is 1. The van der Waals surface area contributed by atoms with Crippen LogP contribution < -0.4 is 0 Å². The quantitative estimate of drug-likeness (QED) is 0.532. The van der Waals surface area contributed by atoms with Crippen molar-refractivity contribution in [3.63, 3.8) is 0 Å². The van der Waals surface area contributed by atoms with E-state index in [1.54, 1.807) is 0 Å². The molecule has 1 atom stereocenters. The van der Waals surface area contributed by atoms with E-state index in [0.717, 1.165) is 12.1 Å². The maximum absolute atomic E-state index is 12.8. The summed E-state index contributed by atoms with van der Waals surface area (Å²) in [5.74, 6) is -0.504. The molecule has 0 heterocycles. The van der Waals surface area contributed by atoms with E-state index >= 15 is 0 Å². The van der Waals surface area contributed by atoms with Crippen LogP contribution in [0.1, 0.15) is 16.0 Å². The zero-order chi connectivity index (χ0) is 10.9. The van der Waals surface area contributed by atoms with Gasteiger partial charge in [-0.05, 0) is 24.1 Å². The molecule has 5 heteroatoms. The fourth-order valence-corrected chi connectivity index (χ4v) is 1.30. The first-order chi connectivity index (χ1) is 6.32. The Balaban J connectivity index is 3.03. The number of aryl methyl sites for hydroxylation is 1. The number of alkyl halides is 4. The topological polar surface area (TPSA) is 0 Å². The minimum atomic E-state index is -4.36. The first-order valence-corrected chi connectivity index (χ1v) is 4.71. The van der Waals surface area contributed by atoms with Crippen LogP contribution in [0.15, 0.2) is 18.2 Å². The van der Waals surface area contributed by atoms with Gasteiger partial charge in [0.25, 0.3) is 0 Å². The SMILES string of the molecule is Cc1cc([C@H](Br)C(F)(F)F)ccc1F. The third kappa shape index (κ3) is 2.47. The summed E-state index contributed by atoms with van der Waals surface area (Å²) in [5, 5.41) is 0. The van der Waals surface area contributed by atoms with Crippen molar-refractivity contribution in [2.24, 2.45) is 0 Å². The highest BCUT2D eigenvalue weighted by Crippen LogP contribution is 2.39. The lowest BCUT2D eigenvalue weighted by molar-refractivity contribution is -0.128. The Labute approximate surface area is 87.1 Å². The Morgan fingerprint density at radius 2 is 1.86 bits per heavy atom. The van der Waals surface area contributed by atoms with Crippen LogP contribution in [0.2, 0.25) is 0 Å². The fraction of sp³-hybridized carbons (Fsp3) is 0.333. The molecule has 0 saturated heterocycles. The Bertz CT molecular complexity index is 332. The van der Waals surface area contributed by atoms with Crippen molar-refractivity contribution in [2.75, 3.05) is 0 Å². The van der Waals surface area contributed by atoms with Crippen molar-refractivity contribution in [3.8, 4) is 0 Å². The van der Waals surface area contributed by atoms with Crippen molar-refractivity contribution in [2.45, 2.75) is 17.9 Å². The second kappa shape index (κ2) is 3.88. The van der Waals surface area contributed by atoms with Gasteiger partial charge in [-0.25, -0.2) is 4.39 Å². The average molecular weight is 271 g/mol. The molecule has 0 aliphatic heterocycles. The van der Waals surface area contributed by atoms with Gasteiger partial charge in [-0.3, -0.25) is 0 Å². The minimum absolute atomic E-state index is 0.0106. The van der Waals surface area contributed by atoms with Crippen LogP contribution in [0.5, 0.6) is 0 Å². The zero-order valence-electron chi connectivity index (χ0n) is 7.20. The Morgan fingerprint density at radius 3 is 2.29 bits per heavy atom. The van der Waals surface area contributed by atoms with E-state index in [2.05, 4.69) is 15.9 Å². The highest BCUT2D eigenvalue weighted by Gasteiger charge is 2.38. The first kappa shape index (κ1) is 11.5. The van der Waals surface area contributed by atoms with Crippen molar-refractivity contribution in [1.82, 2.24) is 0 Å². The van der Waals surface area contributed by atoms with Gasteiger partial charge >= 0.3 is 6.18 Å². The molecule has 0 aliphatic carbocycles. The number of hydrogen-bond acceptors (Lipinski definition) is 0. The molecule has 0 aromatic heterocycles. The largest absolute Gasteiger partial charge is 0.405 e. The van der Waals surface area contributed by atoms with E-state index in [9.17, 15) is 17.6 Å². The van der Waals surface area contributed by atoms with Crippen LogP contribution >= 0.6 is 15.9 Å². The second-order valence-electron chi connectivity index (χ2n) is 2.91. The van der Waals surface area contributed by atoms with Crippen LogP contribution in [-0.2, 0) is 0 Å². The van der Waals surface area contributed by atoms with Crippen molar-refractivity contribution in [1.29, 1.82) is 0 Å². The van der Waals surface area contributed by atoms with E-state index in [1.807, 2.05) is 0 Å². The van der Waals surface area contributed by atoms with E-state index in [-0.39, 0.29) is 11.1 Å². The fourth-order valence-electron chi connectivity index (χ4n) is 1.01. The number of halogens is 5. The van der Waals surface area contributed by atoms with Crippen molar-refractivity contribution in [3.05, 3.63) is 35.1 Å². The summed E-state index contributed by atoms with van der Waals surface area (Å²) in [6.45, 7) is 1.43. The van der Waals surface area contributed by atoms with E-state index < -0.39 is 16.8 Å². The summed E-state index contributed by atoms with van der Waals surface area (Å²) >= 11 is 2.52. The molecule has 1 aromatic rings. The molecular weight excluding hydrogens is 264 g/mol.